The maximum Gasteiger partial charge on any atom is 0.266 e. The van der Waals surface area contributed by atoms with Crippen LogP contribution in [0.15, 0.2) is 29.1 Å². The van der Waals surface area contributed by atoms with Gasteiger partial charge in [-0.2, -0.15) is 0 Å². The van der Waals surface area contributed by atoms with Gasteiger partial charge in [-0.15, -0.1) is 0 Å². The van der Waals surface area contributed by atoms with Crippen molar-refractivity contribution in [3.05, 3.63) is 50.4 Å². The first-order chi connectivity index (χ1) is 8.04. The van der Waals surface area contributed by atoms with Crippen molar-refractivity contribution in [1.82, 2.24) is 9.78 Å². The van der Waals surface area contributed by atoms with Crippen molar-refractivity contribution in [3.8, 4) is 5.75 Å². The van der Waals surface area contributed by atoms with Gasteiger partial charge in [0.2, 0.25) is 0 Å². The molecule has 0 aliphatic heterocycles. The maximum absolute atomic E-state index is 11.2. The number of benzene rings is 1. The highest BCUT2D eigenvalue weighted by atomic mass is 35.5. The molecule has 0 bridgehead atoms. The van der Waals surface area contributed by atoms with Crippen LogP contribution in [0.3, 0.4) is 0 Å². The highest BCUT2D eigenvalue weighted by Crippen LogP contribution is 2.24. The molecule has 1 N–H and O–H groups in total. The van der Waals surface area contributed by atoms with Gasteiger partial charge in [-0.1, -0.05) is 23.2 Å². The Morgan fingerprint density at radius 3 is 2.41 bits per heavy atom. The summed E-state index contributed by atoms with van der Waals surface area (Å²) in [5.41, 5.74) is 0.585. The number of hydrogen-bond donors (Lipinski definition) is 1. The van der Waals surface area contributed by atoms with Gasteiger partial charge < -0.3 is 4.74 Å². The van der Waals surface area contributed by atoms with E-state index in [1.165, 1.54) is 10.7 Å². The minimum atomic E-state index is -0.104. The molecule has 0 atom stereocenters. The van der Waals surface area contributed by atoms with Crippen LogP contribution in [0.1, 0.15) is 5.69 Å². The normalized spacial score (nSPS) is 10.5. The van der Waals surface area contributed by atoms with Gasteiger partial charge >= 0.3 is 0 Å². The number of rotatable bonds is 3. The lowest BCUT2D eigenvalue weighted by molar-refractivity contribution is 0.300. The number of halogens is 2. The molecule has 0 radical (unpaired) electrons. The van der Waals surface area contributed by atoms with E-state index in [0.29, 0.717) is 21.5 Å². The summed E-state index contributed by atoms with van der Waals surface area (Å²) >= 11 is 11.7. The summed E-state index contributed by atoms with van der Waals surface area (Å²) in [6, 6.07) is 6.43. The van der Waals surface area contributed by atoms with Gasteiger partial charge in [-0.3, -0.25) is 14.6 Å². The van der Waals surface area contributed by atoms with Crippen LogP contribution in [0.2, 0.25) is 10.0 Å². The first kappa shape index (κ1) is 12.1. The molecule has 2 rings (SSSR count). The average Bonchev–Trinajstić information content (AvgIpc) is 2.54. The molecule has 17 heavy (non-hydrogen) atoms. The van der Waals surface area contributed by atoms with Crippen LogP contribution in [0.4, 0.5) is 0 Å². The van der Waals surface area contributed by atoms with Gasteiger partial charge in [-0.05, 0) is 18.2 Å². The number of ether oxygens (including phenoxy) is 1. The molecule has 1 heterocycles. The molecular weight excluding hydrogens is 263 g/mol. The van der Waals surface area contributed by atoms with Crippen molar-refractivity contribution in [2.75, 3.05) is 0 Å². The summed E-state index contributed by atoms with van der Waals surface area (Å²) in [7, 11) is 1.64. The van der Waals surface area contributed by atoms with Gasteiger partial charge in [-0.25, -0.2) is 0 Å². The number of hydrogen-bond acceptors (Lipinski definition) is 2. The van der Waals surface area contributed by atoms with Crippen molar-refractivity contribution in [2.24, 2.45) is 7.05 Å². The van der Waals surface area contributed by atoms with E-state index in [9.17, 15) is 4.79 Å². The Morgan fingerprint density at radius 1 is 1.24 bits per heavy atom. The van der Waals surface area contributed by atoms with Gasteiger partial charge in [0.25, 0.3) is 5.56 Å². The van der Waals surface area contributed by atoms with E-state index in [1.54, 1.807) is 25.2 Å². The van der Waals surface area contributed by atoms with E-state index in [0.717, 1.165) is 0 Å². The molecule has 2 aromatic rings. The van der Waals surface area contributed by atoms with Crippen molar-refractivity contribution >= 4 is 23.2 Å². The Labute approximate surface area is 108 Å². The number of aromatic amines is 1. The molecule has 1 aromatic carbocycles. The van der Waals surface area contributed by atoms with Gasteiger partial charge in [0.15, 0.2) is 0 Å². The third-order valence-corrected chi connectivity index (χ3v) is 2.61. The Morgan fingerprint density at radius 2 is 1.88 bits per heavy atom. The van der Waals surface area contributed by atoms with Crippen molar-refractivity contribution < 1.29 is 4.74 Å². The minimum Gasteiger partial charge on any atom is -0.487 e. The Kier molecular flexibility index (Phi) is 3.45. The molecule has 0 unspecified atom stereocenters. The van der Waals surface area contributed by atoms with Crippen LogP contribution < -0.4 is 10.3 Å². The molecule has 0 saturated carbocycles. The smallest absolute Gasteiger partial charge is 0.266 e. The lowest BCUT2D eigenvalue weighted by Gasteiger charge is -2.05. The molecule has 0 aliphatic rings. The Hall–Kier alpha value is -1.39. The zero-order valence-electron chi connectivity index (χ0n) is 9.04. The highest BCUT2D eigenvalue weighted by Gasteiger charge is 2.02. The fourth-order valence-electron chi connectivity index (χ4n) is 1.40. The van der Waals surface area contributed by atoms with E-state index in [4.69, 9.17) is 27.9 Å². The zero-order valence-corrected chi connectivity index (χ0v) is 10.5. The predicted octanol–water partition coefficient (Wildman–Crippen LogP) is 2.60. The summed E-state index contributed by atoms with van der Waals surface area (Å²) in [6.45, 7) is 0.257. The zero-order chi connectivity index (χ0) is 12.4. The van der Waals surface area contributed by atoms with Crippen molar-refractivity contribution in [2.45, 2.75) is 6.61 Å². The summed E-state index contributed by atoms with van der Waals surface area (Å²) in [4.78, 5) is 11.2. The number of H-pyrrole nitrogens is 1. The van der Waals surface area contributed by atoms with Crippen LogP contribution in [0.25, 0.3) is 0 Å². The van der Waals surface area contributed by atoms with E-state index < -0.39 is 0 Å². The number of aromatic nitrogens is 2. The minimum absolute atomic E-state index is 0.104. The van der Waals surface area contributed by atoms with Crippen LogP contribution in [0.5, 0.6) is 5.75 Å². The summed E-state index contributed by atoms with van der Waals surface area (Å²) in [5.74, 6) is 0.562. The second-order valence-corrected chi connectivity index (χ2v) is 4.45. The molecule has 4 nitrogen and oxygen atoms in total. The third kappa shape index (κ3) is 3.05. The molecule has 0 amide bonds. The van der Waals surface area contributed by atoms with E-state index in [-0.39, 0.29) is 12.2 Å². The van der Waals surface area contributed by atoms with Crippen LogP contribution >= 0.6 is 23.2 Å². The lowest BCUT2D eigenvalue weighted by Crippen LogP contribution is -2.09. The monoisotopic (exact) mass is 272 g/mol. The molecule has 6 heteroatoms. The largest absolute Gasteiger partial charge is 0.487 e. The number of aryl methyl sites for hydroxylation is 1. The van der Waals surface area contributed by atoms with E-state index >= 15 is 0 Å². The van der Waals surface area contributed by atoms with Crippen molar-refractivity contribution in [3.63, 3.8) is 0 Å². The van der Waals surface area contributed by atoms with Crippen molar-refractivity contribution in [1.29, 1.82) is 0 Å². The third-order valence-electron chi connectivity index (χ3n) is 2.17. The van der Waals surface area contributed by atoms with Crippen LogP contribution in [-0.4, -0.2) is 9.78 Å². The Bertz CT molecular complexity index is 569. The molecule has 0 aliphatic carbocycles. The molecular formula is C11H10Cl2N2O2. The summed E-state index contributed by atoms with van der Waals surface area (Å²) < 4.78 is 6.85. The molecule has 0 spiro atoms. The number of nitrogens with one attached hydrogen (secondary N) is 1. The standard InChI is InChI=1S/C11H10Cl2N2O2/c1-15-11(16)5-9(14-15)6-17-10-3-7(12)2-8(13)4-10/h2-5,14H,6H2,1H3. The summed E-state index contributed by atoms with van der Waals surface area (Å²) in [6.07, 6.45) is 0. The molecule has 1 aromatic heterocycles. The first-order valence-corrected chi connectivity index (χ1v) is 5.64. The second-order valence-electron chi connectivity index (χ2n) is 3.57. The van der Waals surface area contributed by atoms with E-state index in [2.05, 4.69) is 5.10 Å². The molecule has 0 saturated heterocycles. The number of nitrogens with zero attached hydrogens (tertiary/aromatic N) is 1. The topological polar surface area (TPSA) is 47.0 Å². The average molecular weight is 273 g/mol. The fraction of sp³-hybridized carbons (Fsp3) is 0.182. The van der Waals surface area contributed by atoms with Gasteiger partial charge in [0, 0.05) is 23.2 Å². The van der Waals surface area contributed by atoms with Crippen LogP contribution in [0, 0.1) is 0 Å². The highest BCUT2D eigenvalue weighted by molar-refractivity contribution is 6.34. The fourth-order valence-corrected chi connectivity index (χ4v) is 1.90. The lowest BCUT2D eigenvalue weighted by atomic mass is 10.3. The Balaban J connectivity index is 2.09. The summed E-state index contributed by atoms with van der Waals surface area (Å²) in [5, 5.41) is 3.87. The SMILES string of the molecule is Cn1[nH]c(COc2cc(Cl)cc(Cl)c2)cc1=O. The first-order valence-electron chi connectivity index (χ1n) is 4.88. The second kappa shape index (κ2) is 4.85. The quantitative estimate of drug-likeness (QED) is 0.934. The molecule has 0 fully saturated rings. The van der Waals surface area contributed by atoms with Gasteiger partial charge in [0.1, 0.15) is 12.4 Å². The maximum atomic E-state index is 11.2. The van der Waals surface area contributed by atoms with Gasteiger partial charge in [0.05, 0.1) is 5.69 Å². The van der Waals surface area contributed by atoms with Crippen LogP contribution in [-0.2, 0) is 13.7 Å². The predicted molar refractivity (Wildman–Crippen MR) is 66.8 cm³/mol. The van der Waals surface area contributed by atoms with E-state index in [1.807, 2.05) is 0 Å². The molecule has 90 valence electrons.